The lowest BCUT2D eigenvalue weighted by Gasteiger charge is -2.18. The average Bonchev–Trinajstić information content (AvgIpc) is 3.19. The van der Waals surface area contributed by atoms with Gasteiger partial charge in [-0.25, -0.2) is 9.29 Å². The van der Waals surface area contributed by atoms with E-state index < -0.39 is 12.1 Å². The molecule has 12 heteroatoms. The number of rotatable bonds is 4. The number of alkyl halides is 3. The van der Waals surface area contributed by atoms with E-state index in [1.807, 2.05) is 28.8 Å². The number of carboxylic acids is 1. The number of ether oxygens (including phenoxy) is 1. The minimum absolute atomic E-state index is 0.142. The summed E-state index contributed by atoms with van der Waals surface area (Å²) < 4.78 is 52.7. The smallest absolute Gasteiger partial charge is 0.457 e. The van der Waals surface area contributed by atoms with Crippen molar-refractivity contribution in [2.24, 2.45) is 0 Å². The van der Waals surface area contributed by atoms with Gasteiger partial charge in [0.1, 0.15) is 31.1 Å². The van der Waals surface area contributed by atoms with Crippen LogP contribution in [0.25, 0.3) is 5.52 Å². The van der Waals surface area contributed by atoms with Crippen molar-refractivity contribution in [2.75, 3.05) is 26.3 Å². The van der Waals surface area contributed by atoms with Gasteiger partial charge in [-0.3, -0.25) is 4.79 Å². The number of H-pyrrole nitrogens is 1. The third-order valence-corrected chi connectivity index (χ3v) is 4.89. The number of morpholine rings is 1. The van der Waals surface area contributed by atoms with Crippen LogP contribution in [0.4, 0.5) is 23.5 Å². The zero-order valence-electron chi connectivity index (χ0n) is 17.2. The Bertz CT molecular complexity index is 1130. The highest BCUT2D eigenvalue weighted by molar-refractivity contribution is 5.98. The van der Waals surface area contributed by atoms with Crippen LogP contribution in [0.2, 0.25) is 0 Å². The van der Waals surface area contributed by atoms with E-state index >= 15 is 0 Å². The number of aromatic amines is 1. The van der Waals surface area contributed by atoms with Crippen LogP contribution in [0.5, 0.6) is 0 Å². The van der Waals surface area contributed by atoms with E-state index in [9.17, 15) is 22.4 Å². The molecule has 3 heterocycles. The lowest BCUT2D eigenvalue weighted by molar-refractivity contribution is -0.889. The van der Waals surface area contributed by atoms with Crippen molar-refractivity contribution >= 4 is 23.3 Å². The van der Waals surface area contributed by atoms with Gasteiger partial charge in [0, 0.05) is 12.1 Å². The van der Waals surface area contributed by atoms with E-state index in [1.54, 1.807) is 18.2 Å². The highest BCUT2D eigenvalue weighted by atomic mass is 19.4. The summed E-state index contributed by atoms with van der Waals surface area (Å²) in [5.41, 5.74) is 1.74. The number of imidazole rings is 1. The zero-order valence-corrected chi connectivity index (χ0v) is 17.2. The molecule has 0 unspecified atom stereocenters. The number of pyridine rings is 1. The number of fused-ring (bicyclic) bond motifs is 1. The first-order valence-electron chi connectivity index (χ1n) is 9.93. The fourth-order valence-corrected chi connectivity index (χ4v) is 3.28. The third-order valence-electron chi connectivity index (χ3n) is 4.89. The molecule has 0 spiro atoms. The molecule has 0 radical (unpaired) electrons. The van der Waals surface area contributed by atoms with Crippen molar-refractivity contribution < 1.29 is 46.3 Å². The van der Waals surface area contributed by atoms with Crippen molar-refractivity contribution in [1.82, 2.24) is 10.3 Å². The fraction of sp³-hybridized carbons (Fsp3) is 0.286. The predicted octanol–water partition coefficient (Wildman–Crippen LogP) is -0.332. The summed E-state index contributed by atoms with van der Waals surface area (Å²) in [4.78, 5) is 26.0. The molecule has 1 fully saturated rings. The Morgan fingerprint density at radius 3 is 2.39 bits per heavy atom. The second kappa shape index (κ2) is 10.4. The highest BCUT2D eigenvalue weighted by Crippen LogP contribution is 2.12. The Balaban J connectivity index is 0.000000383. The van der Waals surface area contributed by atoms with E-state index in [0.717, 1.165) is 24.6 Å². The molecule has 3 N–H and O–H groups in total. The molecule has 1 saturated heterocycles. The summed E-state index contributed by atoms with van der Waals surface area (Å²) in [6, 6.07) is 12.2. The maximum absolute atomic E-state index is 13.8. The number of aliphatic carboxylic acids is 1. The maximum Gasteiger partial charge on any atom is 0.457 e. The van der Waals surface area contributed by atoms with Crippen molar-refractivity contribution in [3.05, 3.63) is 65.7 Å². The van der Waals surface area contributed by atoms with Crippen LogP contribution in [0, 0.1) is 5.82 Å². The maximum atomic E-state index is 13.8. The van der Waals surface area contributed by atoms with Crippen molar-refractivity contribution in [1.29, 1.82) is 0 Å². The van der Waals surface area contributed by atoms with Gasteiger partial charge in [-0.15, -0.1) is 4.40 Å². The number of nitrogens with one attached hydrogen (secondary N) is 3. The predicted molar refractivity (Wildman–Crippen MR) is 104 cm³/mol. The van der Waals surface area contributed by atoms with Gasteiger partial charge in [0.2, 0.25) is 5.69 Å². The Hall–Kier alpha value is -3.51. The van der Waals surface area contributed by atoms with Gasteiger partial charge in [-0.05, 0) is 18.2 Å². The fourth-order valence-electron chi connectivity index (χ4n) is 3.28. The van der Waals surface area contributed by atoms with Gasteiger partial charge in [0.05, 0.1) is 13.2 Å². The number of benzene rings is 1. The molecule has 3 aromatic rings. The lowest BCUT2D eigenvalue weighted by atomic mass is 10.2. The van der Waals surface area contributed by atoms with Gasteiger partial charge in [0.15, 0.2) is 5.52 Å². The van der Waals surface area contributed by atoms with E-state index in [4.69, 9.17) is 14.6 Å². The molecule has 33 heavy (non-hydrogen) atoms. The number of quaternary nitrogens is 1. The van der Waals surface area contributed by atoms with Crippen LogP contribution in [0.3, 0.4) is 0 Å². The number of carbonyl (C=O) groups excluding carboxylic acids is 2. The van der Waals surface area contributed by atoms with Gasteiger partial charge in [-0.2, -0.15) is 18.2 Å². The summed E-state index contributed by atoms with van der Waals surface area (Å²) >= 11 is 0. The molecule has 0 aliphatic carbocycles. The van der Waals surface area contributed by atoms with E-state index in [1.165, 1.54) is 11.0 Å². The SMILES string of the molecule is O=C(NCc1ccccc1F)c1[nH]c([NH+]2CCOCC2)[n+]2ccccc12.O=C([O-])C(F)(F)F. The minimum Gasteiger partial charge on any atom is -0.542 e. The lowest BCUT2D eigenvalue weighted by Crippen LogP contribution is -3.11. The number of carboxylic acid groups (broad SMARTS) is 1. The summed E-state index contributed by atoms with van der Waals surface area (Å²) in [6.45, 7) is 3.21. The molecular formula is C21H21F4N4O4+. The first-order valence-corrected chi connectivity index (χ1v) is 9.93. The van der Waals surface area contributed by atoms with Gasteiger partial charge in [-0.1, -0.05) is 24.3 Å². The second-order valence-electron chi connectivity index (χ2n) is 7.08. The summed E-state index contributed by atoms with van der Waals surface area (Å²) in [7, 11) is 0. The quantitative estimate of drug-likeness (QED) is 0.360. The Morgan fingerprint density at radius 2 is 1.76 bits per heavy atom. The molecule has 4 rings (SSSR count). The van der Waals surface area contributed by atoms with E-state index in [-0.39, 0.29) is 18.3 Å². The Labute approximate surface area is 185 Å². The Kier molecular flexibility index (Phi) is 7.61. The van der Waals surface area contributed by atoms with Crippen molar-refractivity contribution in [3.63, 3.8) is 0 Å². The minimum atomic E-state index is -5.19. The van der Waals surface area contributed by atoms with Gasteiger partial charge < -0.3 is 20.0 Å². The number of hydrogen-bond acceptors (Lipinski definition) is 4. The molecule has 2 aromatic heterocycles. The second-order valence-corrected chi connectivity index (χ2v) is 7.08. The topological polar surface area (TPSA) is 103 Å². The summed E-state index contributed by atoms with van der Waals surface area (Å²) in [5, 5.41) is 11.6. The number of halogens is 4. The molecule has 0 bridgehead atoms. The first-order chi connectivity index (χ1) is 15.7. The Morgan fingerprint density at radius 1 is 1.12 bits per heavy atom. The average molecular weight is 469 g/mol. The molecule has 0 saturated carbocycles. The molecule has 8 nitrogen and oxygen atoms in total. The summed E-state index contributed by atoms with van der Waals surface area (Å²) in [6.07, 6.45) is -3.25. The molecule has 1 amide bonds. The van der Waals surface area contributed by atoms with Crippen molar-refractivity contribution in [3.8, 4) is 0 Å². The van der Waals surface area contributed by atoms with Crippen molar-refractivity contribution in [2.45, 2.75) is 12.7 Å². The number of carbonyl (C=O) groups is 2. The van der Waals surface area contributed by atoms with Crippen LogP contribution in [0.15, 0.2) is 48.7 Å². The van der Waals surface area contributed by atoms with E-state index in [0.29, 0.717) is 24.5 Å². The molecule has 176 valence electrons. The molecule has 1 aliphatic rings. The summed E-state index contributed by atoms with van der Waals surface area (Å²) in [5.74, 6) is -2.65. The number of aromatic nitrogens is 2. The number of hydrogen-bond donors (Lipinski definition) is 3. The first kappa shape index (κ1) is 24.1. The highest BCUT2D eigenvalue weighted by Gasteiger charge is 2.32. The number of nitrogens with zero attached hydrogens (tertiary/aromatic N) is 1. The molecule has 0 atom stereocenters. The van der Waals surface area contributed by atoms with Crippen LogP contribution < -0.4 is 19.7 Å². The van der Waals surface area contributed by atoms with Crippen LogP contribution >= 0.6 is 0 Å². The van der Waals surface area contributed by atoms with E-state index in [2.05, 4.69) is 10.3 Å². The zero-order chi connectivity index (χ0) is 24.0. The molecular weight excluding hydrogens is 448 g/mol. The monoisotopic (exact) mass is 469 g/mol. The van der Waals surface area contributed by atoms with Gasteiger partial charge >= 0.3 is 12.1 Å². The van der Waals surface area contributed by atoms with Crippen LogP contribution in [-0.4, -0.2) is 49.3 Å². The molecule has 1 aromatic carbocycles. The number of amides is 1. The van der Waals surface area contributed by atoms with Crippen LogP contribution in [-0.2, 0) is 16.1 Å². The normalized spacial score (nSPS) is 14.4. The third kappa shape index (κ3) is 6.05. The standard InChI is InChI=1S/C19H19FN4O2.C2HF3O2/c20-15-6-2-1-5-14(15)13-21-18(25)17-16-7-3-4-8-24(16)19(22-17)23-9-11-26-12-10-23;3-2(4,5)1(6)7/h1-8H,9-13H2,(H,21,25);(H,6,7)/p+1. The van der Waals surface area contributed by atoms with Crippen LogP contribution in [0.1, 0.15) is 16.1 Å². The largest absolute Gasteiger partial charge is 0.542 e. The molecule has 1 aliphatic heterocycles. The van der Waals surface area contributed by atoms with Gasteiger partial charge in [0.25, 0.3) is 5.91 Å².